The van der Waals surface area contributed by atoms with Crippen molar-refractivity contribution in [3.8, 4) is 5.88 Å². The number of hydrogen-bond donors (Lipinski definition) is 2. The van der Waals surface area contributed by atoms with Crippen LogP contribution >= 0.6 is 40.7 Å². The number of nitrogens with zero attached hydrogens (tertiary/aromatic N) is 4. The molecule has 5 rings (SSSR count). The van der Waals surface area contributed by atoms with E-state index < -0.39 is 0 Å². The Hall–Kier alpha value is -2.10. The van der Waals surface area contributed by atoms with Crippen molar-refractivity contribution in [3.63, 3.8) is 0 Å². The number of benzene rings is 2. The zero-order valence-corrected chi connectivity index (χ0v) is 21.3. The predicted octanol–water partition coefficient (Wildman–Crippen LogP) is 4.58. The van der Waals surface area contributed by atoms with Crippen LogP contribution in [0.4, 0.5) is 5.69 Å². The van der Waals surface area contributed by atoms with Gasteiger partial charge in [0.1, 0.15) is 18.0 Å². The van der Waals surface area contributed by atoms with Gasteiger partial charge in [-0.1, -0.05) is 39.3 Å². The second kappa shape index (κ2) is 10.9. The summed E-state index contributed by atoms with van der Waals surface area (Å²) < 4.78 is 0.929. The molecule has 1 fully saturated rings. The van der Waals surface area contributed by atoms with Gasteiger partial charge in [-0.15, -0.1) is 24.8 Å². The molecule has 0 atom stereocenters. The number of hydrogen-bond acceptors (Lipinski definition) is 6. The lowest BCUT2D eigenvalue weighted by Gasteiger charge is -2.31. The third-order valence-corrected chi connectivity index (χ3v) is 6.34. The van der Waals surface area contributed by atoms with Gasteiger partial charge in [0, 0.05) is 53.7 Å². The summed E-state index contributed by atoms with van der Waals surface area (Å²) >= 11 is 3.52. The number of H-pyrrole nitrogens is 1. The Morgan fingerprint density at radius 3 is 2.67 bits per heavy atom. The van der Waals surface area contributed by atoms with Crippen LogP contribution in [-0.4, -0.2) is 77.7 Å². The molecule has 2 aliphatic heterocycles. The first-order valence-electron chi connectivity index (χ1n) is 10.4. The second-order valence-corrected chi connectivity index (χ2v) is 8.85. The van der Waals surface area contributed by atoms with Crippen molar-refractivity contribution >= 4 is 68.8 Å². The lowest BCUT2D eigenvalue weighted by Crippen LogP contribution is -2.45. The van der Waals surface area contributed by atoms with E-state index in [0.717, 1.165) is 59.4 Å². The van der Waals surface area contributed by atoms with E-state index in [4.69, 9.17) is 9.83 Å². The van der Waals surface area contributed by atoms with Gasteiger partial charge in [0.25, 0.3) is 0 Å². The minimum Gasteiger partial charge on any atom is -0.494 e. The first-order valence-corrected chi connectivity index (χ1v) is 11.2. The molecule has 33 heavy (non-hydrogen) atoms. The van der Waals surface area contributed by atoms with Gasteiger partial charge in [-0.3, -0.25) is 4.90 Å². The summed E-state index contributed by atoms with van der Waals surface area (Å²) in [5.41, 5.74) is 4.45. The maximum atomic E-state index is 10.7. The number of oxime groups is 1. The number of fused-ring (bicyclic) bond motifs is 2. The highest BCUT2D eigenvalue weighted by Gasteiger charge is 2.29. The summed E-state index contributed by atoms with van der Waals surface area (Å²) in [5, 5.41) is 16.0. The monoisotopic (exact) mass is 553 g/mol. The van der Waals surface area contributed by atoms with Crippen molar-refractivity contribution < 1.29 is 9.94 Å². The van der Waals surface area contributed by atoms with Gasteiger partial charge < -0.3 is 19.8 Å². The van der Waals surface area contributed by atoms with E-state index in [2.05, 4.69) is 42.9 Å². The topological polar surface area (TPSA) is 76.5 Å². The highest BCUT2D eigenvalue weighted by atomic mass is 79.9. The number of piperazine rings is 1. The van der Waals surface area contributed by atoms with Crippen molar-refractivity contribution in [1.82, 2.24) is 14.8 Å². The fraction of sp³-hybridized carbons (Fsp3) is 0.304. The molecule has 10 heteroatoms. The van der Waals surface area contributed by atoms with Gasteiger partial charge in [-0.25, -0.2) is 4.99 Å². The number of likely N-dealkylation sites (N-methyl/N-ethyl adjacent to an activating group) is 1. The van der Waals surface area contributed by atoms with Crippen molar-refractivity contribution in [1.29, 1.82) is 0 Å². The number of aromatic nitrogens is 1. The zero-order valence-electron chi connectivity index (χ0n) is 18.1. The van der Waals surface area contributed by atoms with Crippen molar-refractivity contribution in [2.75, 3.05) is 46.4 Å². The van der Waals surface area contributed by atoms with Gasteiger partial charge in [0.15, 0.2) is 5.88 Å². The summed E-state index contributed by atoms with van der Waals surface area (Å²) in [7, 11) is 2.15. The molecule has 7 nitrogen and oxygen atoms in total. The van der Waals surface area contributed by atoms with Crippen molar-refractivity contribution in [3.05, 3.63) is 58.1 Å². The standard InChI is InChI=1S/C23H24BrN5O2.2ClH/c1-28-8-10-29(11-9-28)12-13-31-27-21-16-4-2-3-5-18(16)25-22(21)20-17-14-15(24)6-7-19(17)26-23(20)30;;/h2-7,14,26,30H,8-13H2,1H3;2*1H. The molecule has 0 radical (unpaired) electrons. The van der Waals surface area contributed by atoms with Gasteiger partial charge in [0.2, 0.25) is 0 Å². The largest absolute Gasteiger partial charge is 0.494 e. The normalized spacial score (nSPS) is 17.4. The SMILES string of the molecule is CN1CCN(CCON=C2C(c3c(O)[nH]c4ccc(Br)cc34)=Nc3ccccc32)CC1.Cl.Cl. The van der Waals surface area contributed by atoms with Crippen molar-refractivity contribution in [2.24, 2.45) is 10.1 Å². The molecule has 0 aliphatic carbocycles. The molecule has 2 aliphatic rings. The van der Waals surface area contributed by atoms with Gasteiger partial charge >= 0.3 is 0 Å². The quantitative estimate of drug-likeness (QED) is 0.357. The van der Waals surface area contributed by atoms with Crippen LogP contribution in [0.2, 0.25) is 0 Å². The first-order chi connectivity index (χ1) is 15.1. The Balaban J connectivity index is 0.00000153. The number of aromatic amines is 1. The predicted molar refractivity (Wildman–Crippen MR) is 141 cm³/mol. The Kier molecular flexibility index (Phi) is 8.42. The van der Waals surface area contributed by atoms with Crippen LogP contribution in [0.3, 0.4) is 0 Å². The average molecular weight is 555 g/mol. The fourth-order valence-corrected chi connectivity index (χ4v) is 4.44. The molecule has 2 N–H and O–H groups in total. The number of aliphatic imine (C=N–C) groups is 1. The molecular formula is C23H26BrCl2N5O2. The zero-order chi connectivity index (χ0) is 21.4. The summed E-state index contributed by atoms with van der Waals surface area (Å²) in [4.78, 5) is 18.3. The molecule has 0 amide bonds. The molecule has 1 saturated heterocycles. The molecule has 3 heterocycles. The van der Waals surface area contributed by atoms with Crippen LogP contribution in [0.1, 0.15) is 11.1 Å². The van der Waals surface area contributed by atoms with Gasteiger partial charge in [-0.2, -0.15) is 0 Å². The number of halogens is 3. The van der Waals surface area contributed by atoms with E-state index in [1.807, 2.05) is 42.5 Å². The molecule has 0 saturated carbocycles. The minimum absolute atomic E-state index is 0. The highest BCUT2D eigenvalue weighted by molar-refractivity contribution is 9.10. The van der Waals surface area contributed by atoms with Gasteiger partial charge in [0.05, 0.1) is 11.3 Å². The van der Waals surface area contributed by atoms with Crippen LogP contribution in [0.5, 0.6) is 5.88 Å². The Morgan fingerprint density at radius 2 is 1.88 bits per heavy atom. The third-order valence-electron chi connectivity index (χ3n) is 5.84. The molecule has 3 aromatic rings. The average Bonchev–Trinajstić information content (AvgIpc) is 3.28. The number of para-hydroxylation sites is 1. The van der Waals surface area contributed by atoms with E-state index in [1.54, 1.807) is 0 Å². The fourth-order valence-electron chi connectivity index (χ4n) is 4.08. The molecular weight excluding hydrogens is 529 g/mol. The van der Waals surface area contributed by atoms with Crippen LogP contribution in [0.15, 0.2) is 57.1 Å². The third kappa shape index (κ3) is 5.20. The maximum Gasteiger partial charge on any atom is 0.199 e. The number of nitrogens with one attached hydrogen (secondary N) is 1. The lowest BCUT2D eigenvalue weighted by molar-refractivity contribution is 0.0864. The first kappa shape index (κ1) is 25.5. The Labute approximate surface area is 213 Å². The van der Waals surface area contributed by atoms with Crippen LogP contribution in [0, 0.1) is 0 Å². The summed E-state index contributed by atoms with van der Waals surface area (Å²) in [6, 6.07) is 13.7. The van der Waals surface area contributed by atoms with E-state index in [1.165, 1.54) is 0 Å². The Morgan fingerprint density at radius 1 is 1.12 bits per heavy atom. The molecule has 176 valence electrons. The smallest absolute Gasteiger partial charge is 0.199 e. The van der Waals surface area contributed by atoms with E-state index >= 15 is 0 Å². The molecule has 1 aromatic heterocycles. The summed E-state index contributed by atoms with van der Waals surface area (Å²) in [6.07, 6.45) is 0. The maximum absolute atomic E-state index is 10.7. The van der Waals surface area contributed by atoms with Crippen molar-refractivity contribution in [2.45, 2.75) is 0 Å². The lowest BCUT2D eigenvalue weighted by atomic mass is 10.0. The number of rotatable bonds is 5. The van der Waals surface area contributed by atoms with E-state index in [9.17, 15) is 5.11 Å². The molecule has 2 aromatic carbocycles. The van der Waals surface area contributed by atoms with E-state index in [-0.39, 0.29) is 30.7 Å². The van der Waals surface area contributed by atoms with Gasteiger partial charge in [-0.05, 0) is 31.3 Å². The summed E-state index contributed by atoms with van der Waals surface area (Å²) in [5.74, 6) is 0.0739. The summed E-state index contributed by atoms with van der Waals surface area (Å²) in [6.45, 7) is 5.59. The van der Waals surface area contributed by atoms with Crippen LogP contribution < -0.4 is 0 Å². The molecule has 0 bridgehead atoms. The number of aromatic hydroxyl groups is 1. The highest BCUT2D eigenvalue weighted by Crippen LogP contribution is 2.36. The Bertz CT molecular complexity index is 1190. The van der Waals surface area contributed by atoms with E-state index in [0.29, 0.717) is 23.6 Å². The van der Waals surface area contributed by atoms with Crippen LogP contribution in [0.25, 0.3) is 10.9 Å². The molecule has 0 unspecified atom stereocenters. The second-order valence-electron chi connectivity index (χ2n) is 7.93. The molecule has 0 spiro atoms. The van der Waals surface area contributed by atoms with Crippen LogP contribution in [-0.2, 0) is 4.84 Å². The minimum atomic E-state index is 0.